The first-order chi connectivity index (χ1) is 53.3. The van der Waals surface area contributed by atoms with Crippen LogP contribution in [0.15, 0.2) is 97.3 Å². The number of hydrogen-bond donors (Lipinski definition) is 17. The van der Waals surface area contributed by atoms with E-state index in [2.05, 4.69) is 68.5 Å². The number of phenolic OH excluding ortho intramolecular Hbond substituents is 2. The second-order valence-corrected chi connectivity index (χ2v) is 33.1. The van der Waals surface area contributed by atoms with Gasteiger partial charge in [0.25, 0.3) is 0 Å². The molecule has 2 aromatic heterocycles. The third-order valence-corrected chi connectivity index (χ3v) is 22.9. The van der Waals surface area contributed by atoms with Crippen molar-refractivity contribution in [2.75, 3.05) is 18.1 Å². The molecule has 18 N–H and O–H groups in total. The van der Waals surface area contributed by atoms with E-state index in [9.17, 15) is 73.2 Å². The number of carbonyl (C=O) groups is 13. The highest BCUT2D eigenvalue weighted by Crippen LogP contribution is 2.32. The van der Waals surface area contributed by atoms with Crippen LogP contribution in [0.5, 0.6) is 11.5 Å². The normalized spacial score (nSPS) is 25.8. The molecule has 1 spiro atoms. The fourth-order valence-electron chi connectivity index (χ4n) is 13.8. The van der Waals surface area contributed by atoms with Gasteiger partial charge in [0.2, 0.25) is 76.8 Å². The Morgan fingerprint density at radius 3 is 1.77 bits per heavy atom. The van der Waals surface area contributed by atoms with Gasteiger partial charge in [-0.25, -0.2) is 4.98 Å². The lowest BCUT2D eigenvalue weighted by molar-refractivity contribution is -0.143. The molecule has 13 amide bonds. The van der Waals surface area contributed by atoms with Crippen LogP contribution in [0.25, 0.3) is 11.0 Å². The van der Waals surface area contributed by atoms with Crippen LogP contribution < -0.4 is 64.2 Å². The first-order valence-electron chi connectivity index (χ1n) is 37.9. The van der Waals surface area contributed by atoms with E-state index in [0.29, 0.717) is 52.1 Å². The lowest BCUT2D eigenvalue weighted by atomic mass is 9.85. The van der Waals surface area contributed by atoms with Crippen molar-refractivity contribution in [2.24, 2.45) is 17.1 Å². The Kier molecular flexibility index (Phi) is 30.8. The first kappa shape index (κ1) is 88.2. The maximum Gasteiger partial charge on any atom is 0.246 e. The summed E-state index contributed by atoms with van der Waals surface area (Å²) < 4.78 is 0. The Balaban J connectivity index is 1.13. The van der Waals surface area contributed by atoms with Crippen molar-refractivity contribution >= 4 is 111 Å². The van der Waals surface area contributed by atoms with Crippen molar-refractivity contribution in [3.63, 3.8) is 0 Å². The molecule has 0 radical (unpaired) electrons. The molecule has 2 fully saturated rings. The van der Waals surface area contributed by atoms with E-state index in [-0.39, 0.29) is 80.9 Å². The highest BCUT2D eigenvalue weighted by Gasteiger charge is 2.48. The Labute approximate surface area is 664 Å². The number of rotatable bonds is 12. The topological polar surface area (TPSA) is 493 Å². The van der Waals surface area contributed by atoms with E-state index in [1.165, 1.54) is 99.4 Å². The number of H-pyrrole nitrogens is 1. The van der Waals surface area contributed by atoms with Gasteiger partial charge in [-0.3, -0.25) is 62.3 Å². The summed E-state index contributed by atoms with van der Waals surface area (Å²) in [5.41, 5.74) is 4.52. The van der Waals surface area contributed by atoms with Crippen LogP contribution >= 0.6 is 23.5 Å². The molecule has 4 heterocycles. The molecule has 1 aliphatic carbocycles. The second kappa shape index (κ2) is 39.4. The van der Waals surface area contributed by atoms with Gasteiger partial charge < -0.3 is 94.5 Å². The van der Waals surface area contributed by atoms with E-state index in [4.69, 9.17) is 5.73 Å². The average molecular weight is 1600 g/mol. The van der Waals surface area contributed by atoms with Crippen LogP contribution in [0.2, 0.25) is 0 Å². The number of aromatic hydroxyl groups is 2. The average Bonchev–Trinajstić information content (AvgIpc) is 1.27. The molecule has 3 aromatic carbocycles. The number of pyridine rings is 1. The number of primary amides is 1. The van der Waals surface area contributed by atoms with Crippen molar-refractivity contribution in [1.82, 2.24) is 73.4 Å². The van der Waals surface area contributed by atoms with Crippen LogP contribution in [0.4, 0.5) is 0 Å². The van der Waals surface area contributed by atoms with Gasteiger partial charge in [0, 0.05) is 86.0 Å². The highest BCUT2D eigenvalue weighted by molar-refractivity contribution is 7.98. The monoisotopic (exact) mass is 1600 g/mol. The molecule has 13 atom stereocenters. The molecule has 1 saturated carbocycles. The number of phenols is 2. The van der Waals surface area contributed by atoms with E-state index in [0.717, 1.165) is 11.1 Å². The van der Waals surface area contributed by atoms with Gasteiger partial charge >= 0.3 is 0 Å². The standard InChI is InChI=1S/C79H107N15O17S2/c1-42(2)78(10)75(110)90-63(45(5)96)71(106)85-52(36-61(80)100)40-112-38-49-16-13-17-50(32-49)39-113-41-59(84-46(6)97)67(102)91-64(77(7,8)9)73(108)88-58(34-48-22-26-54(99)27-23-48)74(109)94-31-15-19-60(94)70(105)89-62(44(4)95)72(107)87-57(35-51-37-82-65-55(51)18-14-30-81-65)69(104)93-79(28-11-12-29-79)76(111)83-43(3)66(101)86-56(68(103)92-78)33-47-20-24-53(98)25-21-47/h13-14,16-18,20-27,30,32,37,42-45,52,56-60,62-64,95-96,98-99H,11-12,15,19,28-29,31,33-36,38-41H2,1-10H3,(H2,80,100)(H,81,82)(H,83,111)(H,84,97)(H,85,106)(H,86,101)(H,87,107)(H,88,108)(H,89,105)(H,90,110)(H,91,102)(H,92,103)(H,93,104)/t43-,44+,45+,52+,56-,57-,58-,59-,60-,62-,63-,64+,78-/m0/s1. The molecule has 32 nitrogen and oxygen atoms in total. The number of aliphatic hydroxyl groups excluding tert-OH is 2. The Bertz CT molecular complexity index is 4260. The number of fused-ring (bicyclic) bond motifs is 4. The van der Waals surface area contributed by atoms with E-state index in [1.54, 1.807) is 71.3 Å². The molecular formula is C79H107N15O17S2. The molecular weight excluding hydrogens is 1500 g/mol. The van der Waals surface area contributed by atoms with Gasteiger partial charge in [-0.2, -0.15) is 23.5 Å². The Morgan fingerprint density at radius 2 is 1.19 bits per heavy atom. The molecule has 0 unspecified atom stereocenters. The maximum atomic E-state index is 15.2. The highest BCUT2D eigenvalue weighted by atomic mass is 32.2. The smallest absolute Gasteiger partial charge is 0.246 e. The van der Waals surface area contributed by atoms with E-state index in [1.807, 2.05) is 24.3 Å². The quantitative estimate of drug-likeness (QED) is 0.0835. The van der Waals surface area contributed by atoms with Crippen LogP contribution in [-0.2, 0) is 93.1 Å². The zero-order chi connectivity index (χ0) is 82.8. The second-order valence-electron chi connectivity index (χ2n) is 31.1. The van der Waals surface area contributed by atoms with Crippen molar-refractivity contribution in [3.05, 3.63) is 125 Å². The van der Waals surface area contributed by atoms with Crippen LogP contribution in [0.3, 0.4) is 0 Å². The van der Waals surface area contributed by atoms with Gasteiger partial charge in [-0.15, -0.1) is 0 Å². The molecule has 3 aliphatic rings. The number of thioether (sulfide) groups is 2. The summed E-state index contributed by atoms with van der Waals surface area (Å²) in [5, 5.41) is 73.6. The number of nitrogens with one attached hydrogen (secondary N) is 12. The fraction of sp³-hybridized carbons (Fsp3) is 0.519. The van der Waals surface area contributed by atoms with Crippen molar-refractivity contribution in [1.29, 1.82) is 0 Å². The lowest BCUT2D eigenvalue weighted by Gasteiger charge is -2.37. The molecule has 1 saturated heterocycles. The van der Waals surface area contributed by atoms with Gasteiger partial charge in [0.05, 0.1) is 12.2 Å². The fourth-order valence-corrected chi connectivity index (χ4v) is 15.8. The predicted molar refractivity (Wildman–Crippen MR) is 423 cm³/mol. The molecule has 5 aromatic rings. The number of amides is 13. The predicted octanol–water partition coefficient (Wildman–Crippen LogP) is 1.22. The minimum absolute atomic E-state index is 0.00609. The number of hydrogen-bond acceptors (Lipinski definition) is 20. The number of aromatic amines is 1. The Morgan fingerprint density at radius 1 is 0.628 bits per heavy atom. The lowest BCUT2D eigenvalue weighted by Crippen LogP contribution is -2.67. The number of aromatic nitrogens is 2. The zero-order valence-electron chi connectivity index (χ0n) is 65.2. The molecule has 612 valence electrons. The molecule has 8 rings (SSSR count). The van der Waals surface area contributed by atoms with E-state index >= 15 is 9.59 Å². The van der Waals surface area contributed by atoms with Crippen molar-refractivity contribution in [3.8, 4) is 11.5 Å². The SMILES string of the molecule is CC(=O)N[C@H]1CSCc2cccc(c2)CSC[C@@H](CC(N)=O)NC(=O)[C@H]([C@@H](C)O)NC(=O)[C@](C)(C(C)C)NC(=O)[C@H](Cc2ccc(O)cc2)NC(=O)[C@H](C)NC(=O)C2(CCCC2)NC(=O)[C@H](Cc2c[nH]c3ncccc23)NC(=O)[C@H]([C@@H](C)O)NC(=O)[C@@H]2CCCN2C(=O)[C@H](Cc2ccc(O)cc2)NC(=O)[C@H](C(C)(C)C)NC1=O. The number of nitrogens with two attached hydrogens (primary N) is 1. The summed E-state index contributed by atoms with van der Waals surface area (Å²) in [7, 11) is 0. The number of aliphatic hydroxyl groups is 2. The van der Waals surface area contributed by atoms with Crippen molar-refractivity contribution in [2.45, 2.75) is 229 Å². The number of carbonyl (C=O) groups excluding carboxylic acids is 13. The van der Waals surface area contributed by atoms with Gasteiger partial charge in [-0.1, -0.05) is 96.0 Å². The summed E-state index contributed by atoms with van der Waals surface area (Å²) in [4.78, 5) is 197. The zero-order valence-corrected chi connectivity index (χ0v) is 66.9. The van der Waals surface area contributed by atoms with Gasteiger partial charge in [-0.05, 0) is 129 Å². The summed E-state index contributed by atoms with van der Waals surface area (Å²) in [6.45, 7) is 14.8. The van der Waals surface area contributed by atoms with Crippen LogP contribution in [-0.4, -0.2) is 214 Å². The third kappa shape index (κ3) is 24.1. The van der Waals surface area contributed by atoms with Crippen LogP contribution in [0.1, 0.15) is 142 Å². The summed E-state index contributed by atoms with van der Waals surface area (Å²) in [5.74, 6) is -10.9. The summed E-state index contributed by atoms with van der Waals surface area (Å²) >= 11 is 2.64. The first-order valence-corrected chi connectivity index (χ1v) is 40.2. The number of nitrogens with zero attached hydrogens (tertiary/aromatic N) is 2. The Hall–Kier alpha value is -10.3. The number of benzene rings is 3. The van der Waals surface area contributed by atoms with Crippen molar-refractivity contribution < 1.29 is 82.8 Å². The van der Waals surface area contributed by atoms with Gasteiger partial charge in [0.15, 0.2) is 0 Å². The molecule has 34 heteroatoms. The summed E-state index contributed by atoms with van der Waals surface area (Å²) in [6, 6.07) is 8.32. The third-order valence-electron chi connectivity index (χ3n) is 20.6. The van der Waals surface area contributed by atoms with E-state index < -0.39 is 172 Å². The maximum absolute atomic E-state index is 15.2. The largest absolute Gasteiger partial charge is 0.508 e. The minimum Gasteiger partial charge on any atom is -0.508 e. The minimum atomic E-state index is -1.89. The molecule has 113 heavy (non-hydrogen) atoms. The van der Waals surface area contributed by atoms with Crippen LogP contribution in [0, 0.1) is 11.3 Å². The molecule has 2 bridgehead atoms. The van der Waals surface area contributed by atoms with Gasteiger partial charge in [0.1, 0.15) is 82.6 Å². The molecule has 2 aliphatic heterocycles. The summed E-state index contributed by atoms with van der Waals surface area (Å²) in [6.07, 6.45) is 0.192.